The van der Waals surface area contributed by atoms with Gasteiger partial charge in [-0.3, -0.25) is 4.57 Å². The van der Waals surface area contributed by atoms with Crippen LogP contribution in [0.4, 0.5) is 16.4 Å². The molecule has 0 saturated carbocycles. The zero-order valence-corrected chi connectivity index (χ0v) is 47.9. The molecule has 3 heterocycles. The number of alkyl carbamates (subject to hydrolysis) is 1. The van der Waals surface area contributed by atoms with Gasteiger partial charge in [-0.05, 0) is 95.2 Å². The summed E-state index contributed by atoms with van der Waals surface area (Å²) in [5.74, 6) is 1.44. The molecule has 384 valence electrons. The molecule has 3 aromatic carbocycles. The highest BCUT2D eigenvalue weighted by atomic mass is 28.4. The number of benzene rings is 3. The van der Waals surface area contributed by atoms with Crippen LogP contribution in [0.5, 0.6) is 5.75 Å². The van der Waals surface area contributed by atoms with E-state index in [0.717, 1.165) is 28.0 Å². The summed E-state index contributed by atoms with van der Waals surface area (Å²) in [5, 5.41) is 17.5. The minimum absolute atomic E-state index is 0.0273. The van der Waals surface area contributed by atoms with Crippen LogP contribution in [0.25, 0.3) is 22.2 Å². The molecular formula is C54H79N7O7Si3. The van der Waals surface area contributed by atoms with E-state index in [2.05, 4.69) is 148 Å². The lowest BCUT2D eigenvalue weighted by Gasteiger charge is -2.44. The fourth-order valence-electron chi connectivity index (χ4n) is 7.54. The number of nitriles is 1. The van der Waals surface area contributed by atoms with Crippen molar-refractivity contribution in [3.63, 3.8) is 0 Å². The van der Waals surface area contributed by atoms with Gasteiger partial charge < -0.3 is 43.9 Å². The number of fused-ring (bicyclic) bond motifs is 1. The number of ether oxygens (including phenoxy) is 3. The second-order valence-electron chi connectivity index (χ2n) is 23.3. The molecule has 4 N–H and O–H groups in total. The van der Waals surface area contributed by atoms with Gasteiger partial charge in [0.2, 0.25) is 0 Å². The van der Waals surface area contributed by atoms with E-state index in [-0.39, 0.29) is 27.5 Å². The van der Waals surface area contributed by atoms with Crippen molar-refractivity contribution in [2.24, 2.45) is 0 Å². The van der Waals surface area contributed by atoms with E-state index in [9.17, 15) is 10.1 Å². The van der Waals surface area contributed by atoms with Gasteiger partial charge in [0, 0.05) is 13.1 Å². The summed E-state index contributed by atoms with van der Waals surface area (Å²) >= 11 is 0. The van der Waals surface area contributed by atoms with Crippen LogP contribution in [0.15, 0.2) is 85.2 Å². The van der Waals surface area contributed by atoms with Crippen molar-refractivity contribution < 1.29 is 32.3 Å². The Hall–Kier alpha value is -5.07. The van der Waals surface area contributed by atoms with E-state index in [1.54, 1.807) is 0 Å². The van der Waals surface area contributed by atoms with Gasteiger partial charge in [0.25, 0.3) is 0 Å². The highest BCUT2D eigenvalue weighted by molar-refractivity contribution is 6.75. The minimum atomic E-state index is -2.52. The Morgan fingerprint density at radius 1 is 0.789 bits per heavy atom. The van der Waals surface area contributed by atoms with Gasteiger partial charge in [-0.2, -0.15) is 5.26 Å². The molecule has 1 amide bonds. The Morgan fingerprint density at radius 3 is 2.04 bits per heavy atom. The second kappa shape index (κ2) is 22.0. The first-order valence-electron chi connectivity index (χ1n) is 24.8. The van der Waals surface area contributed by atoms with Crippen LogP contribution < -0.4 is 21.1 Å². The summed E-state index contributed by atoms with van der Waals surface area (Å²) in [4.78, 5) is 21.3. The maximum Gasteiger partial charge on any atom is 0.407 e. The van der Waals surface area contributed by atoms with Crippen LogP contribution in [0, 0.1) is 11.3 Å². The molecule has 0 bridgehead atoms. The molecule has 4 atom stereocenters. The SMILES string of the molecule is CC(C)(C)[Si](C)(C)OC[C@H]1O[C@@H](n2c(NCc3ccc(-c4cccc(OCCCNC(=O)OCc5ccccc5)c4)cc3)c(C#N)c3c(N)ncnc32)[C@H](O[Si](C)(C)C(C)(C)C)[C@@H]1O[Si](C)(C)C(C)(C)C. The first-order chi connectivity index (χ1) is 33.1. The van der Waals surface area contributed by atoms with Gasteiger partial charge in [0.05, 0.1) is 18.6 Å². The summed E-state index contributed by atoms with van der Waals surface area (Å²) in [5.41, 5.74) is 11.3. The average molecular weight is 1020 g/mol. The van der Waals surface area contributed by atoms with Crippen molar-refractivity contribution in [3.05, 3.63) is 102 Å². The Balaban J connectivity index is 1.26. The molecule has 1 aliphatic heterocycles. The summed E-state index contributed by atoms with van der Waals surface area (Å²) < 4.78 is 42.6. The van der Waals surface area contributed by atoms with Crippen molar-refractivity contribution in [1.29, 1.82) is 5.26 Å². The number of anilines is 2. The number of rotatable bonds is 19. The number of nitrogens with two attached hydrogens (primary N) is 1. The molecule has 5 aromatic rings. The average Bonchev–Trinajstić information content (AvgIpc) is 3.79. The van der Waals surface area contributed by atoms with Crippen molar-refractivity contribution in [2.45, 2.75) is 161 Å². The number of carbonyl (C=O) groups excluding carboxylic acids is 1. The van der Waals surface area contributed by atoms with Gasteiger partial charge in [-0.15, -0.1) is 0 Å². The number of nitrogens with one attached hydrogen (secondary N) is 2. The molecule has 2 aromatic heterocycles. The molecule has 0 aliphatic carbocycles. The van der Waals surface area contributed by atoms with E-state index < -0.39 is 55.6 Å². The molecule has 1 aliphatic rings. The Morgan fingerprint density at radius 2 is 1.42 bits per heavy atom. The highest BCUT2D eigenvalue weighted by Crippen LogP contribution is 2.49. The molecule has 1 fully saturated rings. The smallest absolute Gasteiger partial charge is 0.407 e. The predicted octanol–water partition coefficient (Wildman–Crippen LogP) is 12.6. The maximum absolute atomic E-state index is 12.2. The summed E-state index contributed by atoms with van der Waals surface area (Å²) in [7, 11) is -7.20. The third-order valence-corrected chi connectivity index (χ3v) is 28.5. The van der Waals surface area contributed by atoms with Crippen molar-refractivity contribution in [2.75, 3.05) is 30.8 Å². The maximum atomic E-state index is 12.2. The van der Waals surface area contributed by atoms with E-state index in [1.165, 1.54) is 6.33 Å². The quantitative estimate of drug-likeness (QED) is 0.0528. The normalized spacial score (nSPS) is 18.1. The van der Waals surface area contributed by atoms with E-state index >= 15 is 0 Å². The lowest BCUT2D eigenvalue weighted by Crippen LogP contribution is -2.54. The summed E-state index contributed by atoms with van der Waals surface area (Å²) in [6.07, 6.45) is -0.770. The lowest BCUT2D eigenvalue weighted by molar-refractivity contribution is -0.0459. The zero-order valence-electron chi connectivity index (χ0n) is 44.9. The zero-order chi connectivity index (χ0) is 52.2. The van der Waals surface area contributed by atoms with Crippen molar-refractivity contribution in [3.8, 4) is 22.9 Å². The molecule has 0 radical (unpaired) electrons. The molecular weight excluding hydrogens is 943 g/mol. The fourth-order valence-corrected chi connectivity index (χ4v) is 11.2. The van der Waals surface area contributed by atoms with E-state index in [1.807, 2.05) is 59.2 Å². The lowest BCUT2D eigenvalue weighted by atomic mass is 10.0. The van der Waals surface area contributed by atoms with Crippen LogP contribution in [-0.4, -0.2) is 83.7 Å². The molecule has 0 unspecified atom stereocenters. The summed E-state index contributed by atoms with van der Waals surface area (Å²) in [6.45, 7) is 35.5. The standard InChI is InChI=1S/C54H79N7O7Si3/c1-52(2,3)69(10,11)65-35-43-45(67-70(12,13)53(4,5)6)46(68-71(14,15)54(7,8)9)50(66-43)61-48(42(32-55)44-47(56)59-36-60-49(44)61)58-33-37-25-27-39(28-26-37)40-23-19-24-41(31-40)63-30-20-29-57-51(62)64-34-38-21-17-16-18-22-38/h16-19,21-28,31,36,43,45-46,50,58H,20,29-30,33-35H2,1-15H3,(H,57,62)(H2,56,59,60)/t43-,45-,46-,50-/m1/s1. The third-order valence-electron chi connectivity index (χ3n) is 15.0. The van der Waals surface area contributed by atoms with Gasteiger partial charge in [0.15, 0.2) is 36.8 Å². The van der Waals surface area contributed by atoms with Crippen molar-refractivity contribution in [1.82, 2.24) is 19.9 Å². The van der Waals surface area contributed by atoms with Gasteiger partial charge in [-0.25, -0.2) is 14.8 Å². The number of nitrogens with zero attached hydrogens (tertiary/aromatic N) is 4. The molecule has 6 rings (SSSR count). The number of hydrogen-bond acceptors (Lipinski definition) is 12. The molecule has 14 nitrogen and oxygen atoms in total. The van der Waals surface area contributed by atoms with Gasteiger partial charge in [-0.1, -0.05) is 129 Å². The van der Waals surface area contributed by atoms with E-state index in [4.69, 9.17) is 38.2 Å². The Bertz CT molecular complexity index is 2630. The Labute approximate surface area is 425 Å². The second-order valence-corrected chi connectivity index (χ2v) is 37.6. The predicted molar refractivity (Wildman–Crippen MR) is 292 cm³/mol. The monoisotopic (exact) mass is 1020 g/mol. The van der Waals surface area contributed by atoms with Crippen LogP contribution in [-0.2, 0) is 35.9 Å². The molecule has 1 saturated heterocycles. The van der Waals surface area contributed by atoms with Crippen LogP contribution >= 0.6 is 0 Å². The molecule has 0 spiro atoms. The van der Waals surface area contributed by atoms with Crippen molar-refractivity contribution >= 4 is 53.7 Å². The van der Waals surface area contributed by atoms with Gasteiger partial charge in [0.1, 0.15) is 60.3 Å². The minimum Gasteiger partial charge on any atom is -0.494 e. The number of nitrogen functional groups attached to an aromatic ring is 1. The number of hydrogen-bond donors (Lipinski definition) is 3. The molecule has 71 heavy (non-hydrogen) atoms. The fraction of sp³-hybridized carbons (Fsp3) is 0.519. The summed E-state index contributed by atoms with van der Waals surface area (Å²) in [6, 6.07) is 28.3. The van der Waals surface area contributed by atoms with Gasteiger partial charge >= 0.3 is 6.09 Å². The van der Waals surface area contributed by atoms with E-state index in [0.29, 0.717) is 55.1 Å². The van der Waals surface area contributed by atoms with Crippen LogP contribution in [0.1, 0.15) is 91.7 Å². The first kappa shape index (κ1) is 55.2. The molecule has 17 heteroatoms. The first-order valence-corrected chi connectivity index (χ1v) is 33.6. The third kappa shape index (κ3) is 13.1. The van der Waals surface area contributed by atoms with Crippen LogP contribution in [0.2, 0.25) is 54.4 Å². The van der Waals surface area contributed by atoms with Crippen LogP contribution in [0.3, 0.4) is 0 Å². The number of amides is 1. The highest BCUT2D eigenvalue weighted by Gasteiger charge is 2.56. The Kier molecular flexibility index (Phi) is 17.1. The topological polar surface area (TPSA) is 177 Å². The largest absolute Gasteiger partial charge is 0.494 e. The number of carbonyl (C=O) groups is 1. The number of aromatic nitrogens is 3.